The third-order valence-corrected chi connectivity index (χ3v) is 3.87. The van der Waals surface area contributed by atoms with Gasteiger partial charge in [0.05, 0.1) is 25.0 Å². The predicted molar refractivity (Wildman–Crippen MR) is 107 cm³/mol. The Bertz CT molecular complexity index is 868. The lowest BCUT2D eigenvalue weighted by atomic mass is 10.2. The van der Waals surface area contributed by atoms with E-state index in [1.54, 1.807) is 48.5 Å². The number of methoxy groups -OCH3 is 1. The van der Waals surface area contributed by atoms with Gasteiger partial charge in [0, 0.05) is 0 Å². The van der Waals surface area contributed by atoms with Gasteiger partial charge in [-0.05, 0) is 38.1 Å². The number of benzene rings is 2. The minimum absolute atomic E-state index is 0.293. The van der Waals surface area contributed by atoms with Crippen LogP contribution in [-0.4, -0.2) is 44.1 Å². The van der Waals surface area contributed by atoms with Crippen LogP contribution < -0.4 is 20.1 Å². The van der Waals surface area contributed by atoms with Crippen molar-refractivity contribution in [2.24, 2.45) is 0 Å². The first-order valence-electron chi connectivity index (χ1n) is 9.09. The van der Waals surface area contributed by atoms with Crippen LogP contribution in [0.1, 0.15) is 24.2 Å². The first-order valence-corrected chi connectivity index (χ1v) is 9.09. The van der Waals surface area contributed by atoms with Crippen molar-refractivity contribution >= 4 is 23.5 Å². The quantitative estimate of drug-likeness (QED) is 0.627. The van der Waals surface area contributed by atoms with Crippen LogP contribution in [0.4, 0.5) is 5.69 Å². The summed E-state index contributed by atoms with van der Waals surface area (Å²) in [5.74, 6) is -0.831. The molecule has 2 aromatic carbocycles. The molecule has 29 heavy (non-hydrogen) atoms. The second-order valence-corrected chi connectivity index (χ2v) is 5.93. The Morgan fingerprint density at radius 3 is 2.34 bits per heavy atom. The lowest BCUT2D eigenvalue weighted by Crippen LogP contribution is -2.36. The summed E-state index contributed by atoms with van der Waals surface area (Å²) in [5, 5.41) is 5.11. The molecule has 0 aromatic heterocycles. The van der Waals surface area contributed by atoms with E-state index in [9.17, 15) is 14.4 Å². The number of anilines is 1. The first-order chi connectivity index (χ1) is 14.0. The second kappa shape index (κ2) is 10.7. The van der Waals surface area contributed by atoms with Gasteiger partial charge < -0.3 is 24.8 Å². The van der Waals surface area contributed by atoms with Crippen molar-refractivity contribution in [2.45, 2.75) is 20.0 Å². The van der Waals surface area contributed by atoms with Gasteiger partial charge in [-0.2, -0.15) is 0 Å². The molecule has 0 saturated heterocycles. The van der Waals surface area contributed by atoms with Crippen molar-refractivity contribution < 1.29 is 28.6 Å². The zero-order valence-electron chi connectivity index (χ0n) is 16.6. The van der Waals surface area contributed by atoms with Gasteiger partial charge in [0.15, 0.2) is 6.10 Å². The molecule has 2 aromatic rings. The van der Waals surface area contributed by atoms with E-state index in [4.69, 9.17) is 14.2 Å². The smallest absolute Gasteiger partial charge is 0.326 e. The number of rotatable bonds is 9. The third-order valence-electron chi connectivity index (χ3n) is 3.87. The van der Waals surface area contributed by atoms with E-state index in [0.29, 0.717) is 29.4 Å². The maximum atomic E-state index is 12.3. The molecule has 0 bridgehead atoms. The molecule has 0 aliphatic heterocycles. The van der Waals surface area contributed by atoms with E-state index in [-0.39, 0.29) is 6.54 Å². The fourth-order valence-electron chi connectivity index (χ4n) is 2.46. The molecule has 2 rings (SSSR count). The number of esters is 1. The van der Waals surface area contributed by atoms with Crippen molar-refractivity contribution in [3.8, 4) is 11.5 Å². The van der Waals surface area contributed by atoms with E-state index in [2.05, 4.69) is 10.6 Å². The molecule has 8 heteroatoms. The van der Waals surface area contributed by atoms with Crippen molar-refractivity contribution in [1.29, 1.82) is 0 Å². The highest BCUT2D eigenvalue weighted by Gasteiger charge is 2.20. The van der Waals surface area contributed by atoms with Gasteiger partial charge >= 0.3 is 5.97 Å². The minimum atomic E-state index is -1.06. The van der Waals surface area contributed by atoms with E-state index >= 15 is 0 Å². The Morgan fingerprint density at radius 1 is 1.00 bits per heavy atom. The number of nitrogens with one attached hydrogen (secondary N) is 2. The number of amides is 2. The van der Waals surface area contributed by atoms with Crippen LogP contribution in [0.3, 0.4) is 0 Å². The van der Waals surface area contributed by atoms with E-state index in [0.717, 1.165) is 0 Å². The van der Waals surface area contributed by atoms with Crippen LogP contribution in [0, 0.1) is 0 Å². The standard InChI is InChI=1S/C21H24N2O6/c1-4-28-18-12-8-6-10-16(18)23-20(25)14(2)29-19(24)13-22-21(26)15-9-5-7-11-17(15)27-3/h5-12,14H,4,13H2,1-3H3,(H,22,26)(H,23,25)/t14-/m0/s1. The molecule has 2 amide bonds. The Kier molecular flexibility index (Phi) is 8.02. The molecule has 0 aliphatic rings. The molecule has 0 fully saturated rings. The van der Waals surface area contributed by atoms with Gasteiger partial charge in [0.2, 0.25) is 0 Å². The van der Waals surface area contributed by atoms with E-state index in [1.165, 1.54) is 14.0 Å². The van der Waals surface area contributed by atoms with Crippen molar-refractivity contribution in [1.82, 2.24) is 5.32 Å². The summed E-state index contributed by atoms with van der Waals surface area (Å²) < 4.78 is 15.6. The van der Waals surface area contributed by atoms with Crippen LogP contribution in [0.15, 0.2) is 48.5 Å². The zero-order chi connectivity index (χ0) is 21.2. The number of carbonyl (C=O) groups is 3. The van der Waals surface area contributed by atoms with Gasteiger partial charge in [-0.3, -0.25) is 14.4 Å². The largest absolute Gasteiger partial charge is 0.496 e. The number of ether oxygens (including phenoxy) is 3. The van der Waals surface area contributed by atoms with Crippen LogP contribution >= 0.6 is 0 Å². The number of hydrogen-bond acceptors (Lipinski definition) is 6. The Balaban J connectivity index is 1.87. The van der Waals surface area contributed by atoms with Gasteiger partial charge in [-0.1, -0.05) is 24.3 Å². The predicted octanol–water partition coefficient (Wildman–Crippen LogP) is 2.39. The average molecular weight is 400 g/mol. The average Bonchev–Trinajstić information content (AvgIpc) is 2.73. The Labute approximate surface area is 169 Å². The molecule has 0 radical (unpaired) electrons. The highest BCUT2D eigenvalue weighted by Crippen LogP contribution is 2.24. The summed E-state index contributed by atoms with van der Waals surface area (Å²) in [7, 11) is 1.45. The normalized spacial score (nSPS) is 11.1. The summed E-state index contributed by atoms with van der Waals surface area (Å²) in [6.45, 7) is 3.34. The lowest BCUT2D eigenvalue weighted by Gasteiger charge is -2.16. The Morgan fingerprint density at radius 2 is 1.66 bits per heavy atom. The number of hydrogen-bond donors (Lipinski definition) is 2. The SMILES string of the molecule is CCOc1ccccc1NC(=O)[C@H](C)OC(=O)CNC(=O)c1ccccc1OC. The highest BCUT2D eigenvalue weighted by molar-refractivity contribution is 5.99. The van der Waals surface area contributed by atoms with Crippen molar-refractivity contribution in [3.05, 3.63) is 54.1 Å². The molecule has 0 saturated carbocycles. The molecular formula is C21H24N2O6. The minimum Gasteiger partial charge on any atom is -0.496 e. The molecule has 2 N–H and O–H groups in total. The molecule has 0 aliphatic carbocycles. The summed E-state index contributed by atoms with van der Waals surface area (Å²) in [4.78, 5) is 36.5. The number of para-hydroxylation sites is 3. The molecule has 154 valence electrons. The lowest BCUT2D eigenvalue weighted by molar-refractivity contribution is -0.152. The third kappa shape index (κ3) is 6.24. The number of carbonyl (C=O) groups excluding carboxylic acids is 3. The second-order valence-electron chi connectivity index (χ2n) is 5.93. The van der Waals surface area contributed by atoms with E-state index < -0.39 is 23.9 Å². The molecule has 0 unspecified atom stereocenters. The van der Waals surface area contributed by atoms with Gasteiger partial charge in [0.1, 0.15) is 18.0 Å². The fourth-order valence-corrected chi connectivity index (χ4v) is 2.46. The summed E-state index contributed by atoms with van der Waals surface area (Å²) in [6.07, 6.45) is -1.06. The van der Waals surface area contributed by atoms with Gasteiger partial charge in [-0.25, -0.2) is 0 Å². The molecular weight excluding hydrogens is 376 g/mol. The summed E-state index contributed by atoms with van der Waals surface area (Å²) in [6, 6.07) is 13.6. The highest BCUT2D eigenvalue weighted by atomic mass is 16.5. The summed E-state index contributed by atoms with van der Waals surface area (Å²) >= 11 is 0. The molecule has 8 nitrogen and oxygen atoms in total. The summed E-state index contributed by atoms with van der Waals surface area (Å²) in [5.41, 5.74) is 0.771. The van der Waals surface area contributed by atoms with Crippen LogP contribution in [0.5, 0.6) is 11.5 Å². The maximum Gasteiger partial charge on any atom is 0.326 e. The van der Waals surface area contributed by atoms with Crippen molar-refractivity contribution in [2.75, 3.05) is 25.6 Å². The topological polar surface area (TPSA) is 103 Å². The molecule has 0 heterocycles. The van der Waals surface area contributed by atoms with Crippen molar-refractivity contribution in [3.63, 3.8) is 0 Å². The van der Waals surface area contributed by atoms with Gasteiger partial charge in [0.25, 0.3) is 11.8 Å². The maximum absolute atomic E-state index is 12.3. The monoisotopic (exact) mass is 400 g/mol. The van der Waals surface area contributed by atoms with Gasteiger partial charge in [-0.15, -0.1) is 0 Å². The van der Waals surface area contributed by atoms with Crippen LogP contribution in [-0.2, 0) is 14.3 Å². The first kappa shape index (κ1) is 21.7. The Hall–Kier alpha value is -3.55. The fraction of sp³-hybridized carbons (Fsp3) is 0.286. The molecule has 0 spiro atoms. The van der Waals surface area contributed by atoms with Crippen LogP contribution in [0.25, 0.3) is 0 Å². The molecule has 1 atom stereocenters. The van der Waals surface area contributed by atoms with E-state index in [1.807, 2.05) is 6.92 Å². The van der Waals surface area contributed by atoms with Crippen LogP contribution in [0.2, 0.25) is 0 Å². The zero-order valence-corrected chi connectivity index (χ0v) is 16.6.